The number of ether oxygens (including phenoxy) is 2. The van der Waals surface area contributed by atoms with Crippen LogP contribution in [0.25, 0.3) is 6.08 Å². The van der Waals surface area contributed by atoms with Gasteiger partial charge in [-0.15, -0.1) is 6.58 Å². The minimum atomic E-state index is -0.525. The van der Waals surface area contributed by atoms with Gasteiger partial charge in [0.2, 0.25) is 0 Å². The molecule has 0 unspecified atom stereocenters. The number of carbonyl (C=O) groups excluding carboxylic acids is 2. The van der Waals surface area contributed by atoms with Gasteiger partial charge in [0.25, 0.3) is 11.8 Å². The number of hydrogen-bond acceptors (Lipinski definition) is 5. The maximum atomic E-state index is 12.7. The first kappa shape index (κ1) is 22.4. The Morgan fingerprint density at radius 2 is 2.07 bits per heavy atom. The highest BCUT2D eigenvalue weighted by atomic mass is 127. The van der Waals surface area contributed by atoms with Gasteiger partial charge in [0.05, 0.1) is 16.3 Å². The topological polar surface area (TPSA) is 67.9 Å². The average molecular weight is 514 g/mol. The van der Waals surface area contributed by atoms with Crippen molar-refractivity contribution in [3.8, 4) is 11.5 Å². The Labute approximate surface area is 184 Å². The Hall–Kier alpha value is -1.94. The highest BCUT2D eigenvalue weighted by Crippen LogP contribution is 2.36. The van der Waals surface area contributed by atoms with Gasteiger partial charge in [0.15, 0.2) is 16.6 Å². The van der Waals surface area contributed by atoms with Crippen molar-refractivity contribution in [2.24, 2.45) is 0 Å². The molecule has 1 saturated heterocycles. The highest BCUT2D eigenvalue weighted by molar-refractivity contribution is 14.1. The van der Waals surface area contributed by atoms with Gasteiger partial charge in [-0.25, -0.2) is 0 Å². The van der Waals surface area contributed by atoms with Gasteiger partial charge >= 0.3 is 0 Å². The maximum Gasteiger partial charge on any atom is 0.265 e. The molecule has 1 fully saturated rings. The fourth-order valence-electron chi connectivity index (χ4n) is 2.49. The summed E-state index contributed by atoms with van der Waals surface area (Å²) in [5, 5.41) is 2.62. The lowest BCUT2D eigenvalue weighted by Crippen LogP contribution is -2.53. The third-order valence-corrected chi connectivity index (χ3v) is 5.16. The maximum absolute atomic E-state index is 12.7. The third-order valence-electron chi connectivity index (χ3n) is 4.03. The van der Waals surface area contributed by atoms with E-state index in [1.807, 2.05) is 26.8 Å². The van der Waals surface area contributed by atoms with Crippen LogP contribution in [0.1, 0.15) is 32.8 Å². The summed E-state index contributed by atoms with van der Waals surface area (Å²) in [7, 11) is 0. The van der Waals surface area contributed by atoms with Crippen LogP contribution < -0.4 is 14.8 Å². The van der Waals surface area contributed by atoms with Crippen molar-refractivity contribution in [2.75, 3.05) is 13.2 Å². The lowest BCUT2D eigenvalue weighted by molar-refractivity contribution is -0.128. The SMILES string of the molecule is C=CCN1C(=O)/C(=C/c2cc(I)c(O[C@@H](C)CC)c(OCC)c2)C(=O)NC1=S. The van der Waals surface area contributed by atoms with Crippen LogP contribution in [-0.4, -0.2) is 41.1 Å². The summed E-state index contributed by atoms with van der Waals surface area (Å²) in [6, 6.07) is 3.61. The van der Waals surface area contributed by atoms with Gasteiger partial charge in [-0.3, -0.25) is 19.8 Å². The number of thiocarbonyl (C=S) groups is 1. The molecule has 28 heavy (non-hydrogen) atoms. The van der Waals surface area contributed by atoms with Crippen molar-refractivity contribution in [3.05, 3.63) is 39.5 Å². The second kappa shape index (κ2) is 10.0. The molecular formula is C20H23IN2O4S. The Morgan fingerprint density at radius 1 is 1.36 bits per heavy atom. The molecule has 1 atom stereocenters. The molecule has 0 radical (unpaired) electrons. The van der Waals surface area contributed by atoms with E-state index in [1.165, 1.54) is 11.0 Å². The predicted molar refractivity (Wildman–Crippen MR) is 121 cm³/mol. The summed E-state index contributed by atoms with van der Waals surface area (Å²) in [5.74, 6) is 0.251. The Bertz CT molecular complexity index is 838. The second-order valence-electron chi connectivity index (χ2n) is 6.12. The minimum Gasteiger partial charge on any atom is -0.490 e. The monoisotopic (exact) mass is 514 g/mol. The molecule has 6 nitrogen and oxygen atoms in total. The van der Waals surface area contributed by atoms with E-state index in [1.54, 1.807) is 12.1 Å². The van der Waals surface area contributed by atoms with E-state index in [4.69, 9.17) is 21.7 Å². The van der Waals surface area contributed by atoms with Crippen LogP contribution in [0, 0.1) is 3.57 Å². The van der Waals surface area contributed by atoms with Crippen LogP contribution in [0.5, 0.6) is 11.5 Å². The van der Waals surface area contributed by atoms with Crippen molar-refractivity contribution in [2.45, 2.75) is 33.3 Å². The summed E-state index contributed by atoms with van der Waals surface area (Å²) >= 11 is 7.23. The smallest absolute Gasteiger partial charge is 0.265 e. The zero-order valence-corrected chi connectivity index (χ0v) is 19.1. The number of nitrogens with one attached hydrogen (secondary N) is 1. The first-order chi connectivity index (χ1) is 13.3. The first-order valence-electron chi connectivity index (χ1n) is 8.95. The van der Waals surface area contributed by atoms with E-state index < -0.39 is 11.8 Å². The van der Waals surface area contributed by atoms with Crippen molar-refractivity contribution in [3.63, 3.8) is 0 Å². The molecule has 0 saturated carbocycles. The lowest BCUT2D eigenvalue weighted by atomic mass is 10.1. The molecule has 0 spiro atoms. The molecule has 1 aliphatic heterocycles. The van der Waals surface area contributed by atoms with Crippen molar-refractivity contribution in [1.29, 1.82) is 0 Å². The molecule has 1 aromatic carbocycles. The largest absolute Gasteiger partial charge is 0.490 e. The Balaban J connectivity index is 2.46. The number of halogens is 1. The molecule has 150 valence electrons. The van der Waals surface area contributed by atoms with Crippen LogP contribution in [0.15, 0.2) is 30.4 Å². The van der Waals surface area contributed by atoms with Crippen LogP contribution >= 0.6 is 34.8 Å². The van der Waals surface area contributed by atoms with E-state index in [0.29, 0.717) is 23.7 Å². The summed E-state index contributed by atoms with van der Waals surface area (Å²) in [6.45, 7) is 10.2. The molecule has 0 aliphatic carbocycles. The molecule has 1 aromatic rings. The van der Waals surface area contributed by atoms with E-state index in [9.17, 15) is 9.59 Å². The molecule has 0 aromatic heterocycles. The van der Waals surface area contributed by atoms with E-state index >= 15 is 0 Å². The van der Waals surface area contributed by atoms with E-state index in [0.717, 1.165) is 9.99 Å². The van der Waals surface area contributed by atoms with Crippen LogP contribution in [0.4, 0.5) is 0 Å². The third kappa shape index (κ3) is 5.11. The van der Waals surface area contributed by atoms with Gasteiger partial charge < -0.3 is 9.47 Å². The van der Waals surface area contributed by atoms with Crippen LogP contribution in [-0.2, 0) is 9.59 Å². The molecule has 1 N–H and O–H groups in total. The lowest BCUT2D eigenvalue weighted by Gasteiger charge is -2.27. The van der Waals surface area contributed by atoms with Crippen LogP contribution in [0.3, 0.4) is 0 Å². The van der Waals surface area contributed by atoms with E-state index in [2.05, 4.69) is 34.5 Å². The summed E-state index contributed by atoms with van der Waals surface area (Å²) in [4.78, 5) is 26.3. The van der Waals surface area contributed by atoms with Crippen molar-refractivity contribution in [1.82, 2.24) is 10.2 Å². The van der Waals surface area contributed by atoms with Gasteiger partial charge in [0, 0.05) is 6.54 Å². The Kier molecular flexibility index (Phi) is 7.99. The zero-order chi connectivity index (χ0) is 20.8. The summed E-state index contributed by atoms with van der Waals surface area (Å²) in [6.07, 6.45) is 3.99. The summed E-state index contributed by atoms with van der Waals surface area (Å²) < 4.78 is 12.6. The molecular weight excluding hydrogens is 491 g/mol. The van der Waals surface area contributed by atoms with Gasteiger partial charge in [0.1, 0.15) is 5.57 Å². The minimum absolute atomic E-state index is 0.00398. The molecule has 1 heterocycles. The predicted octanol–water partition coefficient (Wildman–Crippen LogP) is 3.68. The standard InChI is InChI=1S/C20H23IN2O4S/c1-5-8-23-19(25)14(18(24)22-20(23)28)9-13-10-15(21)17(27-12(4)6-2)16(11-13)26-7-3/h5,9-12H,1,6-8H2,2-4H3,(H,22,24,28)/b14-9+/t12-/m0/s1. The zero-order valence-electron chi connectivity index (χ0n) is 16.1. The molecule has 8 heteroatoms. The number of benzene rings is 1. The normalized spacial score (nSPS) is 16.8. The molecule has 2 amide bonds. The quantitative estimate of drug-likeness (QED) is 0.189. The number of carbonyl (C=O) groups is 2. The van der Waals surface area contributed by atoms with Gasteiger partial charge in [-0.1, -0.05) is 13.0 Å². The first-order valence-corrected chi connectivity index (χ1v) is 10.4. The second-order valence-corrected chi connectivity index (χ2v) is 7.67. The number of nitrogens with zero attached hydrogens (tertiary/aromatic N) is 1. The molecule has 2 rings (SSSR count). The van der Waals surface area contributed by atoms with E-state index in [-0.39, 0.29) is 23.3 Å². The van der Waals surface area contributed by atoms with Crippen molar-refractivity contribution < 1.29 is 19.1 Å². The fraction of sp³-hybridized carbons (Fsp3) is 0.350. The van der Waals surface area contributed by atoms with Gasteiger partial charge in [-0.05, 0) is 78.8 Å². The molecule has 1 aliphatic rings. The van der Waals surface area contributed by atoms with Crippen LogP contribution in [0.2, 0.25) is 0 Å². The number of amides is 2. The van der Waals surface area contributed by atoms with Gasteiger partial charge in [-0.2, -0.15) is 0 Å². The Morgan fingerprint density at radius 3 is 2.68 bits per heavy atom. The number of rotatable bonds is 8. The molecule has 0 bridgehead atoms. The number of hydrogen-bond donors (Lipinski definition) is 1. The fourth-order valence-corrected chi connectivity index (χ4v) is 3.49. The average Bonchev–Trinajstić information content (AvgIpc) is 2.65. The summed E-state index contributed by atoms with van der Waals surface area (Å²) in [5.41, 5.74) is 0.665. The van der Waals surface area contributed by atoms with Crippen molar-refractivity contribution >= 4 is 57.8 Å². The highest BCUT2D eigenvalue weighted by Gasteiger charge is 2.32.